The van der Waals surface area contributed by atoms with Gasteiger partial charge in [0.05, 0.1) is 34.2 Å². The molecule has 5 nitrogen and oxygen atoms in total. The van der Waals surface area contributed by atoms with Crippen LogP contribution in [0.2, 0.25) is 5.02 Å². The van der Waals surface area contributed by atoms with Gasteiger partial charge in [-0.2, -0.15) is 5.26 Å². The summed E-state index contributed by atoms with van der Waals surface area (Å²) in [6.45, 7) is 3.95. The smallest absolute Gasteiger partial charge is 0.138 e. The molecule has 2 aromatic carbocycles. The number of hydrogen-bond acceptors (Lipinski definition) is 4. The van der Waals surface area contributed by atoms with Gasteiger partial charge in [-0.1, -0.05) is 30.3 Å². The molecule has 5 rings (SSSR count). The van der Waals surface area contributed by atoms with Crippen LogP contribution in [0.4, 0.5) is 5.82 Å². The third-order valence-electron chi connectivity index (χ3n) is 4.85. The molecule has 0 unspecified atom stereocenters. The minimum Gasteiger partial charge on any atom is -0.345 e. The zero-order valence-electron chi connectivity index (χ0n) is 15.2. The van der Waals surface area contributed by atoms with E-state index in [0.717, 1.165) is 50.5 Å². The first-order valence-corrected chi connectivity index (χ1v) is 9.33. The summed E-state index contributed by atoms with van der Waals surface area (Å²) in [5, 5.41) is 13.1. The minimum absolute atomic E-state index is 0.565. The quantitative estimate of drug-likeness (QED) is 0.451. The maximum atomic E-state index is 9.32. The first-order chi connectivity index (χ1) is 14.1. The third kappa shape index (κ3) is 2.96. The number of rotatable bonds is 2. The number of nitrogens with zero attached hydrogens (tertiary/aromatic N) is 3. The largest absolute Gasteiger partial charge is 0.345 e. The number of halogens is 1. The molecule has 0 saturated heterocycles. The Morgan fingerprint density at radius 1 is 1.07 bits per heavy atom. The standard InChI is InChI=1S/C23H14ClN5/c1-13-5-6-16-8-18(17-9-19(24)22-20(10-17)26-12-27-22)21(29-23(16)28-13)15-4-2-3-14(7-15)11-25/h2-10,12H,1H2,(H,26,27)(H,28,29). The van der Waals surface area contributed by atoms with Crippen molar-refractivity contribution in [2.75, 3.05) is 5.32 Å². The van der Waals surface area contributed by atoms with Crippen LogP contribution in [0.15, 0.2) is 67.1 Å². The fourth-order valence-corrected chi connectivity index (χ4v) is 3.75. The summed E-state index contributed by atoms with van der Waals surface area (Å²) >= 11 is 6.48. The Morgan fingerprint density at radius 3 is 2.83 bits per heavy atom. The van der Waals surface area contributed by atoms with Crippen molar-refractivity contribution in [1.82, 2.24) is 15.0 Å². The zero-order valence-corrected chi connectivity index (χ0v) is 16.0. The van der Waals surface area contributed by atoms with Gasteiger partial charge in [0.1, 0.15) is 11.3 Å². The molecule has 2 aromatic heterocycles. The van der Waals surface area contributed by atoms with Gasteiger partial charge in [-0.25, -0.2) is 9.97 Å². The number of nitriles is 1. The number of aromatic amines is 1. The molecule has 0 radical (unpaired) electrons. The van der Waals surface area contributed by atoms with Gasteiger partial charge in [-0.05, 0) is 48.0 Å². The van der Waals surface area contributed by atoms with Crippen molar-refractivity contribution >= 4 is 34.5 Å². The van der Waals surface area contributed by atoms with E-state index in [1.54, 1.807) is 12.4 Å². The van der Waals surface area contributed by atoms with E-state index < -0.39 is 0 Å². The predicted molar refractivity (Wildman–Crippen MR) is 116 cm³/mol. The fourth-order valence-electron chi connectivity index (χ4n) is 3.48. The van der Waals surface area contributed by atoms with Crippen molar-refractivity contribution in [2.45, 2.75) is 0 Å². The molecule has 138 valence electrons. The number of imidazole rings is 1. The van der Waals surface area contributed by atoms with Crippen LogP contribution < -0.4 is 5.32 Å². The topological polar surface area (TPSA) is 77.4 Å². The van der Waals surface area contributed by atoms with Crippen molar-refractivity contribution in [3.8, 4) is 28.5 Å². The Hall–Kier alpha value is -3.88. The predicted octanol–water partition coefficient (Wildman–Crippen LogP) is 5.77. The van der Waals surface area contributed by atoms with Crippen LogP contribution in [0.1, 0.15) is 11.1 Å². The molecule has 0 spiro atoms. The highest BCUT2D eigenvalue weighted by Crippen LogP contribution is 2.38. The summed E-state index contributed by atoms with van der Waals surface area (Å²) in [6, 6.07) is 15.6. The van der Waals surface area contributed by atoms with E-state index in [9.17, 15) is 5.26 Å². The van der Waals surface area contributed by atoms with E-state index in [1.165, 1.54) is 0 Å². The maximum Gasteiger partial charge on any atom is 0.138 e. The van der Waals surface area contributed by atoms with Gasteiger partial charge in [0.25, 0.3) is 0 Å². The number of H-pyrrole nitrogens is 1. The van der Waals surface area contributed by atoms with Crippen molar-refractivity contribution < 1.29 is 0 Å². The lowest BCUT2D eigenvalue weighted by Gasteiger charge is -2.19. The molecule has 4 aromatic rings. The lowest BCUT2D eigenvalue weighted by atomic mass is 9.95. The molecule has 0 fully saturated rings. The van der Waals surface area contributed by atoms with Gasteiger partial charge in [0.15, 0.2) is 0 Å². The van der Waals surface area contributed by atoms with Crippen LogP contribution in [-0.4, -0.2) is 15.0 Å². The van der Waals surface area contributed by atoms with Crippen molar-refractivity contribution in [3.63, 3.8) is 0 Å². The van der Waals surface area contributed by atoms with Gasteiger partial charge in [-0.3, -0.25) is 0 Å². The molecule has 3 heterocycles. The number of benzene rings is 2. The highest BCUT2D eigenvalue weighted by molar-refractivity contribution is 6.35. The van der Waals surface area contributed by atoms with Gasteiger partial charge in [-0.15, -0.1) is 0 Å². The minimum atomic E-state index is 0.565. The van der Waals surface area contributed by atoms with E-state index in [0.29, 0.717) is 10.6 Å². The second-order valence-corrected chi connectivity index (χ2v) is 7.16. The van der Waals surface area contributed by atoms with E-state index in [1.807, 2.05) is 42.5 Å². The molecule has 29 heavy (non-hydrogen) atoms. The molecule has 2 N–H and O–H groups in total. The number of nitrogens with one attached hydrogen (secondary N) is 2. The summed E-state index contributed by atoms with van der Waals surface area (Å²) in [5.41, 5.74) is 7.32. The van der Waals surface area contributed by atoms with Crippen molar-refractivity contribution in [1.29, 1.82) is 5.26 Å². The molecule has 0 aliphatic carbocycles. The van der Waals surface area contributed by atoms with Gasteiger partial charge >= 0.3 is 0 Å². The highest BCUT2D eigenvalue weighted by Gasteiger charge is 2.18. The van der Waals surface area contributed by atoms with Crippen molar-refractivity contribution in [3.05, 3.63) is 83.3 Å². The van der Waals surface area contributed by atoms with Crippen LogP contribution in [0.5, 0.6) is 0 Å². The monoisotopic (exact) mass is 395 g/mol. The summed E-state index contributed by atoms with van der Waals surface area (Å²) in [7, 11) is 0. The molecule has 0 bridgehead atoms. The summed E-state index contributed by atoms with van der Waals surface area (Å²) in [4.78, 5) is 12.3. The average molecular weight is 396 g/mol. The van der Waals surface area contributed by atoms with Gasteiger partial charge < -0.3 is 10.3 Å². The number of allylic oxidation sites excluding steroid dienone is 1. The van der Waals surface area contributed by atoms with Crippen LogP contribution in [-0.2, 0) is 0 Å². The Bertz CT molecular complexity index is 1370. The second kappa shape index (κ2) is 6.62. The first-order valence-electron chi connectivity index (χ1n) is 8.95. The third-order valence-corrected chi connectivity index (χ3v) is 5.14. The van der Waals surface area contributed by atoms with Crippen LogP contribution >= 0.6 is 11.6 Å². The molecule has 6 heteroatoms. The Balaban J connectivity index is 1.80. The number of pyridine rings is 1. The zero-order chi connectivity index (χ0) is 20.0. The number of hydrogen-bond donors (Lipinski definition) is 2. The SMILES string of the molecule is C=C1C=Cc2cc(-c3cc(Cl)c4nc[nH]c4c3)c(-c3cccc(C#N)c3)nc2N1. The van der Waals surface area contributed by atoms with Crippen LogP contribution in [0.3, 0.4) is 0 Å². The maximum absolute atomic E-state index is 9.32. The molecule has 0 amide bonds. The number of aromatic nitrogens is 3. The summed E-state index contributed by atoms with van der Waals surface area (Å²) in [6.07, 6.45) is 5.52. The number of anilines is 1. The van der Waals surface area contributed by atoms with Crippen LogP contribution in [0.25, 0.3) is 39.5 Å². The van der Waals surface area contributed by atoms with E-state index >= 15 is 0 Å². The molecular weight excluding hydrogens is 382 g/mol. The molecule has 0 atom stereocenters. The second-order valence-electron chi connectivity index (χ2n) is 6.76. The average Bonchev–Trinajstić information content (AvgIpc) is 3.22. The first kappa shape index (κ1) is 17.2. The van der Waals surface area contributed by atoms with Gasteiger partial charge in [0, 0.05) is 22.4 Å². The van der Waals surface area contributed by atoms with E-state index in [2.05, 4.69) is 34.0 Å². The van der Waals surface area contributed by atoms with E-state index in [-0.39, 0.29) is 0 Å². The molecule has 0 saturated carbocycles. The lowest BCUT2D eigenvalue weighted by Crippen LogP contribution is -2.06. The summed E-state index contributed by atoms with van der Waals surface area (Å²) in [5.74, 6) is 0.729. The molecule has 1 aliphatic heterocycles. The molecular formula is C23H14ClN5. The number of fused-ring (bicyclic) bond motifs is 2. The Labute approximate surface area is 172 Å². The van der Waals surface area contributed by atoms with E-state index in [4.69, 9.17) is 16.6 Å². The summed E-state index contributed by atoms with van der Waals surface area (Å²) < 4.78 is 0. The Morgan fingerprint density at radius 2 is 1.97 bits per heavy atom. The normalized spacial score (nSPS) is 12.5. The van der Waals surface area contributed by atoms with Crippen molar-refractivity contribution in [2.24, 2.45) is 0 Å². The highest BCUT2D eigenvalue weighted by atomic mass is 35.5. The molecule has 1 aliphatic rings. The van der Waals surface area contributed by atoms with Crippen LogP contribution in [0, 0.1) is 11.3 Å². The van der Waals surface area contributed by atoms with Gasteiger partial charge in [0.2, 0.25) is 0 Å². The fraction of sp³-hybridized carbons (Fsp3) is 0. The Kier molecular flexibility index (Phi) is 3.94. The lowest BCUT2D eigenvalue weighted by molar-refractivity contribution is 1.27.